The van der Waals surface area contributed by atoms with Crippen LogP contribution in [0.2, 0.25) is 0 Å². The first-order valence-electron chi connectivity index (χ1n) is 5.17. The quantitative estimate of drug-likeness (QED) is 0.616. The van der Waals surface area contributed by atoms with Gasteiger partial charge in [0, 0.05) is 21.4 Å². The third-order valence-electron chi connectivity index (χ3n) is 2.88. The summed E-state index contributed by atoms with van der Waals surface area (Å²) in [4.78, 5) is 14.8. The van der Waals surface area contributed by atoms with Gasteiger partial charge in [-0.05, 0) is 17.5 Å². The number of aromatic nitrogens is 1. The van der Waals surface area contributed by atoms with Gasteiger partial charge in [-0.25, -0.2) is 0 Å². The summed E-state index contributed by atoms with van der Waals surface area (Å²) in [5.74, 6) is 0. The second-order valence-corrected chi connectivity index (χ2v) is 3.85. The summed E-state index contributed by atoms with van der Waals surface area (Å²) in [5, 5.41) is 2.12. The van der Waals surface area contributed by atoms with Gasteiger partial charge in [0.05, 0.1) is 5.39 Å². The first-order chi connectivity index (χ1) is 7.79. The van der Waals surface area contributed by atoms with Crippen molar-refractivity contribution in [2.75, 3.05) is 7.05 Å². The number of nitroso groups, excluding NO2 is 1. The van der Waals surface area contributed by atoms with Gasteiger partial charge in [-0.15, -0.1) is 0 Å². The van der Waals surface area contributed by atoms with Crippen molar-refractivity contribution in [1.82, 2.24) is 4.98 Å². The highest BCUT2D eigenvalue weighted by atomic mass is 16.3. The molecule has 1 aliphatic heterocycles. The highest BCUT2D eigenvalue weighted by Crippen LogP contribution is 2.41. The third-order valence-corrected chi connectivity index (χ3v) is 2.88. The van der Waals surface area contributed by atoms with Gasteiger partial charge in [-0.3, -0.25) is 0 Å². The molecule has 1 aromatic rings. The molecular formula is C13H11N2O+. The highest BCUT2D eigenvalue weighted by Gasteiger charge is 2.26. The van der Waals surface area contributed by atoms with Gasteiger partial charge in [0.25, 0.3) is 5.69 Å². The fraction of sp³-hybridized carbons (Fsp3) is 0.0769. The van der Waals surface area contributed by atoms with Crippen LogP contribution in [0.4, 0.5) is 5.69 Å². The van der Waals surface area contributed by atoms with E-state index in [-0.39, 0.29) is 0 Å². The Hall–Kier alpha value is -2.16. The number of aromatic amines is 1. The lowest BCUT2D eigenvalue weighted by atomic mass is 10.1. The van der Waals surface area contributed by atoms with E-state index in [1.54, 1.807) is 0 Å². The van der Waals surface area contributed by atoms with E-state index < -0.39 is 0 Å². The van der Waals surface area contributed by atoms with Gasteiger partial charge in [-0.2, -0.15) is 0 Å². The van der Waals surface area contributed by atoms with Crippen molar-refractivity contribution in [1.29, 1.82) is 0 Å². The summed E-state index contributed by atoms with van der Waals surface area (Å²) in [6, 6.07) is 11.9. The van der Waals surface area contributed by atoms with Crippen molar-refractivity contribution in [3.8, 4) is 11.3 Å². The Labute approximate surface area is 92.6 Å². The minimum absolute atomic E-state index is 0.714. The molecule has 1 N–H and O–H groups in total. The first-order valence-corrected chi connectivity index (χ1v) is 5.17. The van der Waals surface area contributed by atoms with Crippen LogP contribution < -0.4 is 0 Å². The van der Waals surface area contributed by atoms with Crippen LogP contribution in [-0.2, 0) is 0 Å². The number of pyridine rings is 1. The maximum Gasteiger partial charge on any atom is 0.287 e. The van der Waals surface area contributed by atoms with Crippen molar-refractivity contribution in [3.63, 3.8) is 0 Å². The lowest BCUT2D eigenvalue weighted by Crippen LogP contribution is -1.92. The number of nitrogens with one attached hydrogen (secondary N) is 1. The zero-order chi connectivity index (χ0) is 11.1. The molecule has 0 fully saturated rings. The molecule has 1 aliphatic carbocycles. The average Bonchev–Trinajstić information content (AvgIpc) is 2.63. The van der Waals surface area contributed by atoms with Crippen LogP contribution in [0.1, 0.15) is 0 Å². The Morgan fingerprint density at radius 2 is 1.81 bits per heavy atom. The number of hydrogen-bond donors (Lipinski definition) is 1. The molecular weight excluding hydrogens is 200 g/mol. The molecule has 78 valence electrons. The molecule has 0 radical (unpaired) electrons. The minimum atomic E-state index is 0.714. The van der Waals surface area contributed by atoms with Crippen molar-refractivity contribution in [2.24, 2.45) is 0 Å². The van der Waals surface area contributed by atoms with Crippen molar-refractivity contribution in [3.05, 3.63) is 47.5 Å². The molecule has 0 aromatic heterocycles. The van der Waals surface area contributed by atoms with Gasteiger partial charge < -0.3 is 4.98 Å². The molecule has 2 aliphatic rings. The molecule has 3 rings (SSSR count). The van der Waals surface area contributed by atoms with Crippen LogP contribution in [0.25, 0.3) is 22.0 Å². The zero-order valence-electron chi connectivity index (χ0n) is 8.90. The molecule has 0 amide bonds. The summed E-state index contributed by atoms with van der Waals surface area (Å²) in [5.41, 5.74) is 2.71. The van der Waals surface area contributed by atoms with E-state index in [1.807, 2.05) is 42.6 Å². The zero-order valence-corrected chi connectivity index (χ0v) is 8.90. The molecule has 0 unspecified atom stereocenters. The molecule has 1 heterocycles. The largest absolute Gasteiger partial charge is 0.356 e. The van der Waals surface area contributed by atoms with E-state index >= 15 is 0 Å². The Kier molecular flexibility index (Phi) is 1.80. The van der Waals surface area contributed by atoms with E-state index in [9.17, 15) is 4.91 Å². The Morgan fingerprint density at radius 3 is 2.56 bits per heavy atom. The van der Waals surface area contributed by atoms with E-state index in [0.717, 1.165) is 26.8 Å². The second kappa shape index (κ2) is 3.17. The predicted octanol–water partition coefficient (Wildman–Crippen LogP) is 3.31. The SMILES string of the molecule is C[N+](=O)c1c2[nH]cccc-2c2ccccc12. The van der Waals surface area contributed by atoms with Crippen LogP contribution in [-0.4, -0.2) is 16.8 Å². The number of fused-ring (bicyclic) bond motifs is 3. The van der Waals surface area contributed by atoms with Gasteiger partial charge in [0.15, 0.2) is 7.05 Å². The lowest BCUT2D eigenvalue weighted by Gasteiger charge is -1.96. The fourth-order valence-corrected chi connectivity index (χ4v) is 2.24. The van der Waals surface area contributed by atoms with E-state index in [0.29, 0.717) is 5.69 Å². The van der Waals surface area contributed by atoms with E-state index in [1.165, 1.54) is 7.05 Å². The standard InChI is InChI=1S/C13H11N2O/c1-15(16)13-11-6-3-2-5-9(11)10-7-4-8-14-12(10)13/h2-8,14H,1H3/q+1. The molecule has 0 bridgehead atoms. The first kappa shape index (κ1) is 9.09. The minimum Gasteiger partial charge on any atom is -0.356 e. The molecule has 1 aromatic carbocycles. The van der Waals surface area contributed by atoms with Crippen LogP contribution in [0.3, 0.4) is 0 Å². The van der Waals surface area contributed by atoms with Gasteiger partial charge >= 0.3 is 0 Å². The molecule has 0 saturated heterocycles. The summed E-state index contributed by atoms with van der Waals surface area (Å²) in [6.07, 6.45) is 1.84. The second-order valence-electron chi connectivity index (χ2n) is 3.85. The molecule has 0 spiro atoms. The smallest absolute Gasteiger partial charge is 0.287 e. The summed E-state index contributed by atoms with van der Waals surface area (Å²) < 4.78 is 0.918. The topological polar surface area (TPSA) is 35.9 Å². The number of benzene rings is 1. The van der Waals surface area contributed by atoms with Crippen molar-refractivity contribution >= 4 is 16.5 Å². The molecule has 3 heteroatoms. The summed E-state index contributed by atoms with van der Waals surface area (Å²) >= 11 is 0. The van der Waals surface area contributed by atoms with Crippen molar-refractivity contribution < 1.29 is 4.76 Å². The van der Waals surface area contributed by atoms with Crippen LogP contribution in [0.5, 0.6) is 0 Å². The maximum atomic E-state index is 11.6. The third kappa shape index (κ3) is 1.08. The number of hydrogen-bond acceptors (Lipinski definition) is 1. The lowest BCUT2D eigenvalue weighted by molar-refractivity contribution is -0.425. The monoisotopic (exact) mass is 211 g/mol. The Morgan fingerprint density at radius 1 is 1.06 bits per heavy atom. The Bertz CT molecular complexity index is 654. The molecule has 16 heavy (non-hydrogen) atoms. The maximum absolute atomic E-state index is 11.6. The predicted molar refractivity (Wildman–Crippen MR) is 64.1 cm³/mol. The van der Waals surface area contributed by atoms with Crippen molar-refractivity contribution in [2.45, 2.75) is 0 Å². The van der Waals surface area contributed by atoms with Crippen LogP contribution >= 0.6 is 0 Å². The average molecular weight is 211 g/mol. The molecule has 0 atom stereocenters. The van der Waals surface area contributed by atoms with E-state index in [4.69, 9.17) is 0 Å². The molecule has 3 nitrogen and oxygen atoms in total. The van der Waals surface area contributed by atoms with Gasteiger partial charge in [-0.1, -0.05) is 24.3 Å². The van der Waals surface area contributed by atoms with Gasteiger partial charge in [0.1, 0.15) is 5.69 Å². The van der Waals surface area contributed by atoms with Crippen LogP contribution in [0.15, 0.2) is 42.6 Å². The van der Waals surface area contributed by atoms with Crippen LogP contribution in [0, 0.1) is 4.91 Å². The van der Waals surface area contributed by atoms with Gasteiger partial charge in [0.2, 0.25) is 0 Å². The number of H-pyrrole nitrogens is 1. The summed E-state index contributed by atoms with van der Waals surface area (Å²) in [7, 11) is 1.53. The number of rotatable bonds is 1. The fourth-order valence-electron chi connectivity index (χ4n) is 2.24. The Balaban J connectivity index is 2.57. The number of nitrogens with zero attached hydrogens (tertiary/aromatic N) is 1. The van der Waals surface area contributed by atoms with E-state index in [2.05, 4.69) is 4.98 Å². The molecule has 0 saturated carbocycles. The normalized spacial score (nSPS) is 11.1. The highest BCUT2D eigenvalue weighted by molar-refractivity contribution is 6.09. The summed E-state index contributed by atoms with van der Waals surface area (Å²) in [6.45, 7) is 0.